The van der Waals surface area contributed by atoms with Crippen molar-refractivity contribution in [2.24, 2.45) is 5.92 Å². The zero-order valence-corrected chi connectivity index (χ0v) is 16.1. The van der Waals surface area contributed by atoms with Crippen molar-refractivity contribution in [3.8, 4) is 12.1 Å². The lowest BCUT2D eigenvalue weighted by Gasteiger charge is -2.22. The van der Waals surface area contributed by atoms with Crippen LogP contribution >= 0.6 is 0 Å². The second kappa shape index (κ2) is 8.83. The van der Waals surface area contributed by atoms with Gasteiger partial charge in [-0.05, 0) is 49.9 Å². The van der Waals surface area contributed by atoms with Gasteiger partial charge in [-0.15, -0.1) is 0 Å². The number of nitriles is 2. The molecule has 1 saturated carbocycles. The molecule has 1 aromatic rings. The number of rotatable bonds is 9. The second-order valence-electron chi connectivity index (χ2n) is 6.54. The first-order valence-corrected chi connectivity index (χ1v) is 10.1. The SMILES string of the molecule is C[C@@](C#N)(NC(=O)COC(=O)c1ccc(S(=O)(=O)NCCC#N)cc1)C1CC1. The van der Waals surface area contributed by atoms with Gasteiger partial charge in [0.05, 0.1) is 22.6 Å². The molecule has 0 aromatic heterocycles. The van der Waals surface area contributed by atoms with E-state index in [1.54, 1.807) is 6.92 Å². The van der Waals surface area contributed by atoms with Gasteiger partial charge in [-0.2, -0.15) is 10.5 Å². The molecule has 2 rings (SSSR count). The van der Waals surface area contributed by atoms with E-state index in [9.17, 15) is 23.3 Å². The summed E-state index contributed by atoms with van der Waals surface area (Å²) in [6.07, 6.45) is 1.77. The van der Waals surface area contributed by atoms with Crippen molar-refractivity contribution >= 4 is 21.9 Å². The molecule has 1 aromatic carbocycles. The summed E-state index contributed by atoms with van der Waals surface area (Å²) in [6, 6.07) is 8.89. The number of sulfonamides is 1. The van der Waals surface area contributed by atoms with Crippen LogP contribution in [0.5, 0.6) is 0 Å². The molecule has 10 heteroatoms. The maximum atomic E-state index is 12.0. The lowest BCUT2D eigenvalue weighted by Crippen LogP contribution is -2.48. The molecule has 2 N–H and O–H groups in total. The highest BCUT2D eigenvalue weighted by atomic mass is 32.2. The quantitative estimate of drug-likeness (QED) is 0.457. The maximum absolute atomic E-state index is 12.0. The van der Waals surface area contributed by atoms with Crippen LogP contribution in [0.15, 0.2) is 29.2 Å². The molecule has 28 heavy (non-hydrogen) atoms. The molecule has 1 amide bonds. The smallest absolute Gasteiger partial charge is 0.338 e. The fourth-order valence-corrected chi connectivity index (χ4v) is 3.55. The number of nitrogens with zero attached hydrogens (tertiary/aromatic N) is 2. The zero-order chi connectivity index (χ0) is 20.8. The standard InChI is InChI=1S/C18H20N4O5S/c1-18(12-20,14-5-6-14)22-16(23)11-27-17(24)13-3-7-15(8-4-13)28(25,26)21-10-2-9-19/h3-4,7-8,14,21H,2,5-6,10-11H2,1H3,(H,22,23)/t18-/m0/s1. The number of esters is 1. The van der Waals surface area contributed by atoms with Crippen molar-refractivity contribution in [2.45, 2.75) is 36.6 Å². The Hall–Kier alpha value is -2.95. The Bertz CT molecular complexity index is 926. The van der Waals surface area contributed by atoms with Crippen LogP contribution in [-0.2, 0) is 19.6 Å². The lowest BCUT2D eigenvalue weighted by atomic mass is 9.98. The number of amides is 1. The molecule has 148 valence electrons. The van der Waals surface area contributed by atoms with Gasteiger partial charge in [0.1, 0.15) is 5.54 Å². The zero-order valence-electron chi connectivity index (χ0n) is 15.3. The number of carbonyl (C=O) groups excluding carboxylic acids is 2. The van der Waals surface area contributed by atoms with E-state index in [2.05, 4.69) is 16.1 Å². The minimum atomic E-state index is -3.77. The monoisotopic (exact) mass is 404 g/mol. The van der Waals surface area contributed by atoms with Crippen molar-refractivity contribution in [3.05, 3.63) is 29.8 Å². The molecular weight excluding hydrogens is 384 g/mol. The van der Waals surface area contributed by atoms with Gasteiger partial charge in [-0.3, -0.25) is 4.79 Å². The summed E-state index contributed by atoms with van der Waals surface area (Å²) in [6.45, 7) is 1.08. The molecule has 1 fully saturated rings. The van der Waals surface area contributed by atoms with Gasteiger partial charge in [0, 0.05) is 13.0 Å². The van der Waals surface area contributed by atoms with Crippen LogP contribution in [0.4, 0.5) is 0 Å². The highest BCUT2D eigenvalue weighted by Crippen LogP contribution is 2.39. The molecular formula is C18H20N4O5S. The fourth-order valence-electron chi connectivity index (χ4n) is 2.52. The Kier molecular flexibility index (Phi) is 6.73. The van der Waals surface area contributed by atoms with Crippen LogP contribution in [-0.4, -0.2) is 39.0 Å². The van der Waals surface area contributed by atoms with Crippen LogP contribution in [0.2, 0.25) is 0 Å². The minimum Gasteiger partial charge on any atom is -0.452 e. The van der Waals surface area contributed by atoms with E-state index in [0.29, 0.717) is 0 Å². The Morgan fingerprint density at radius 3 is 2.43 bits per heavy atom. The second-order valence-corrected chi connectivity index (χ2v) is 8.31. The van der Waals surface area contributed by atoms with E-state index < -0.39 is 34.0 Å². The number of benzene rings is 1. The fraction of sp³-hybridized carbons (Fsp3) is 0.444. The molecule has 0 saturated heterocycles. The Morgan fingerprint density at radius 2 is 1.89 bits per heavy atom. The van der Waals surface area contributed by atoms with Crippen LogP contribution in [0.3, 0.4) is 0 Å². The van der Waals surface area contributed by atoms with Crippen LogP contribution in [0.1, 0.15) is 36.5 Å². The van der Waals surface area contributed by atoms with Crippen molar-refractivity contribution in [3.63, 3.8) is 0 Å². The van der Waals surface area contributed by atoms with Gasteiger partial charge in [0.15, 0.2) is 6.61 Å². The van der Waals surface area contributed by atoms with Gasteiger partial charge in [-0.1, -0.05) is 0 Å². The number of nitrogens with one attached hydrogen (secondary N) is 2. The Morgan fingerprint density at radius 1 is 1.25 bits per heavy atom. The molecule has 0 unspecified atom stereocenters. The third kappa shape index (κ3) is 5.52. The van der Waals surface area contributed by atoms with E-state index in [-0.39, 0.29) is 29.3 Å². The van der Waals surface area contributed by atoms with Crippen LogP contribution in [0, 0.1) is 28.6 Å². The average molecular weight is 404 g/mol. The minimum absolute atomic E-state index is 0.0137. The normalized spacial score (nSPS) is 15.5. The number of hydrogen-bond acceptors (Lipinski definition) is 7. The van der Waals surface area contributed by atoms with E-state index >= 15 is 0 Å². The van der Waals surface area contributed by atoms with E-state index in [1.807, 2.05) is 6.07 Å². The third-order valence-electron chi connectivity index (χ3n) is 4.29. The highest BCUT2D eigenvalue weighted by molar-refractivity contribution is 7.89. The van der Waals surface area contributed by atoms with Crippen molar-refractivity contribution in [1.29, 1.82) is 10.5 Å². The summed E-state index contributed by atoms with van der Waals surface area (Å²) < 4.78 is 31.2. The molecule has 0 radical (unpaired) electrons. The summed E-state index contributed by atoms with van der Waals surface area (Å²) in [4.78, 5) is 23.9. The number of carbonyl (C=O) groups is 2. The summed E-state index contributed by atoms with van der Waals surface area (Å²) in [5.41, 5.74) is -0.896. The largest absolute Gasteiger partial charge is 0.452 e. The highest BCUT2D eigenvalue weighted by Gasteiger charge is 2.43. The summed E-state index contributed by atoms with van der Waals surface area (Å²) in [5.74, 6) is -1.26. The van der Waals surface area contributed by atoms with Crippen LogP contribution < -0.4 is 10.0 Å². The first-order valence-electron chi connectivity index (χ1n) is 8.58. The van der Waals surface area contributed by atoms with Gasteiger partial charge in [0.2, 0.25) is 10.0 Å². The van der Waals surface area contributed by atoms with E-state index in [1.165, 1.54) is 24.3 Å². The van der Waals surface area contributed by atoms with Crippen molar-refractivity contribution in [1.82, 2.24) is 10.0 Å². The number of ether oxygens (including phenoxy) is 1. The molecule has 0 bridgehead atoms. The third-order valence-corrected chi connectivity index (χ3v) is 5.77. The molecule has 0 spiro atoms. The molecule has 0 aliphatic heterocycles. The first-order chi connectivity index (χ1) is 13.2. The summed E-state index contributed by atoms with van der Waals surface area (Å²) in [7, 11) is -3.77. The maximum Gasteiger partial charge on any atom is 0.338 e. The van der Waals surface area contributed by atoms with Crippen LogP contribution in [0.25, 0.3) is 0 Å². The first kappa shape index (κ1) is 21.4. The topological polar surface area (TPSA) is 149 Å². The summed E-state index contributed by atoms with van der Waals surface area (Å²) >= 11 is 0. The predicted octanol–water partition coefficient (Wildman–Crippen LogP) is 0.844. The molecule has 9 nitrogen and oxygen atoms in total. The predicted molar refractivity (Wildman–Crippen MR) is 97.0 cm³/mol. The molecule has 1 aliphatic rings. The van der Waals surface area contributed by atoms with Gasteiger partial charge < -0.3 is 10.1 Å². The molecule has 0 heterocycles. The van der Waals surface area contributed by atoms with Gasteiger partial charge in [-0.25, -0.2) is 17.9 Å². The van der Waals surface area contributed by atoms with Gasteiger partial charge in [0.25, 0.3) is 5.91 Å². The van der Waals surface area contributed by atoms with Crippen molar-refractivity contribution in [2.75, 3.05) is 13.2 Å². The van der Waals surface area contributed by atoms with E-state index in [4.69, 9.17) is 10.00 Å². The van der Waals surface area contributed by atoms with E-state index in [0.717, 1.165) is 12.8 Å². The molecule has 1 aliphatic carbocycles. The summed E-state index contributed by atoms with van der Waals surface area (Å²) in [5, 5.41) is 20.2. The number of hydrogen-bond donors (Lipinski definition) is 2. The Labute approximate surface area is 163 Å². The van der Waals surface area contributed by atoms with Gasteiger partial charge >= 0.3 is 5.97 Å². The van der Waals surface area contributed by atoms with Crippen molar-refractivity contribution < 1.29 is 22.7 Å². The Balaban J connectivity index is 1.90. The molecule has 1 atom stereocenters. The lowest BCUT2D eigenvalue weighted by molar-refractivity contribution is -0.125. The average Bonchev–Trinajstić information content (AvgIpc) is 3.52.